The number of nitrogens with one attached hydrogen (secondary N) is 1. The molecule has 152 valence electrons. The first-order valence-electron chi connectivity index (χ1n) is 9.28. The van der Waals surface area contributed by atoms with Gasteiger partial charge in [0, 0.05) is 16.7 Å². The molecular formula is C22H14N4O3S2. The molecule has 2 heterocycles. The van der Waals surface area contributed by atoms with Gasteiger partial charge in [0.1, 0.15) is 10.6 Å². The van der Waals surface area contributed by atoms with E-state index in [4.69, 9.17) is 5.73 Å². The molecule has 1 aliphatic carbocycles. The quantitative estimate of drug-likeness (QED) is 0.319. The number of hydrogen-bond donors (Lipinski definition) is 2. The highest BCUT2D eigenvalue weighted by molar-refractivity contribution is 7.99. The van der Waals surface area contributed by atoms with Crippen LogP contribution in [0, 0.1) is 0 Å². The van der Waals surface area contributed by atoms with Gasteiger partial charge in [-0.05, 0) is 17.5 Å². The number of amides is 1. The summed E-state index contributed by atoms with van der Waals surface area (Å²) in [5.74, 6) is -0.463. The largest absolute Gasteiger partial charge is 0.383 e. The average molecular weight is 447 g/mol. The van der Waals surface area contributed by atoms with Crippen molar-refractivity contribution in [3.63, 3.8) is 0 Å². The van der Waals surface area contributed by atoms with Gasteiger partial charge in [-0.15, -0.1) is 11.3 Å². The van der Waals surface area contributed by atoms with Gasteiger partial charge in [0.2, 0.25) is 5.91 Å². The van der Waals surface area contributed by atoms with Gasteiger partial charge >= 0.3 is 0 Å². The van der Waals surface area contributed by atoms with E-state index < -0.39 is 0 Å². The zero-order valence-electron chi connectivity index (χ0n) is 15.9. The summed E-state index contributed by atoms with van der Waals surface area (Å²) in [4.78, 5) is 47.8. The van der Waals surface area contributed by atoms with E-state index in [2.05, 4.69) is 15.3 Å². The molecule has 2 aromatic heterocycles. The molecule has 0 saturated carbocycles. The number of nitrogen functional groups attached to an aromatic ring is 1. The van der Waals surface area contributed by atoms with E-state index in [-0.39, 0.29) is 34.4 Å². The Morgan fingerprint density at radius 1 is 0.968 bits per heavy atom. The molecule has 0 saturated heterocycles. The number of carbonyl (C=O) groups excluding carboxylic acids is 3. The Labute approximate surface area is 184 Å². The van der Waals surface area contributed by atoms with Gasteiger partial charge in [-0.1, -0.05) is 48.2 Å². The molecule has 0 bridgehead atoms. The Morgan fingerprint density at radius 2 is 1.71 bits per heavy atom. The summed E-state index contributed by atoms with van der Waals surface area (Å²) in [6.07, 6.45) is 0. The van der Waals surface area contributed by atoms with Crippen molar-refractivity contribution >= 4 is 62.3 Å². The molecule has 0 spiro atoms. The predicted octanol–water partition coefficient (Wildman–Crippen LogP) is 3.78. The third-order valence-corrected chi connectivity index (χ3v) is 6.55. The fraction of sp³-hybridized carbons (Fsp3) is 0.0455. The summed E-state index contributed by atoms with van der Waals surface area (Å²) >= 11 is 2.60. The highest BCUT2D eigenvalue weighted by Gasteiger charge is 2.31. The fourth-order valence-corrected chi connectivity index (χ4v) is 4.97. The van der Waals surface area contributed by atoms with Crippen molar-refractivity contribution in [3.05, 3.63) is 76.2 Å². The van der Waals surface area contributed by atoms with Gasteiger partial charge in [0.05, 0.1) is 22.4 Å². The third-order valence-electron chi connectivity index (χ3n) is 4.89. The minimum atomic E-state index is -0.342. The SMILES string of the molecule is Nc1nc(SCC(=O)Nc2cccc3c2C(=O)c2ccccc2C3=O)nc2sccc12. The minimum absolute atomic E-state index is 0.0265. The number of thioether (sulfide) groups is 1. The van der Waals surface area contributed by atoms with E-state index in [1.54, 1.807) is 42.5 Å². The number of ketones is 2. The predicted molar refractivity (Wildman–Crippen MR) is 121 cm³/mol. The van der Waals surface area contributed by atoms with Gasteiger partial charge in [0.15, 0.2) is 16.7 Å². The number of benzene rings is 2. The summed E-state index contributed by atoms with van der Waals surface area (Å²) < 4.78 is 0. The van der Waals surface area contributed by atoms with Gasteiger partial charge in [-0.25, -0.2) is 9.97 Å². The normalized spacial score (nSPS) is 12.5. The molecule has 9 heteroatoms. The number of rotatable bonds is 4. The molecule has 0 unspecified atom stereocenters. The van der Waals surface area contributed by atoms with Crippen LogP contribution < -0.4 is 11.1 Å². The zero-order chi connectivity index (χ0) is 21.5. The monoisotopic (exact) mass is 446 g/mol. The molecule has 5 rings (SSSR count). The molecular weight excluding hydrogens is 432 g/mol. The van der Waals surface area contributed by atoms with Gasteiger partial charge in [0.25, 0.3) is 0 Å². The Kier molecular flexibility index (Phi) is 4.76. The van der Waals surface area contributed by atoms with Gasteiger partial charge in [-0.2, -0.15) is 0 Å². The lowest BCUT2D eigenvalue weighted by Gasteiger charge is -2.20. The smallest absolute Gasteiger partial charge is 0.234 e. The van der Waals surface area contributed by atoms with E-state index >= 15 is 0 Å². The maximum Gasteiger partial charge on any atom is 0.234 e. The molecule has 7 nitrogen and oxygen atoms in total. The Bertz CT molecular complexity index is 1400. The van der Waals surface area contributed by atoms with Crippen LogP contribution in [0.15, 0.2) is 59.1 Å². The third kappa shape index (κ3) is 3.37. The van der Waals surface area contributed by atoms with Crippen LogP contribution in [0.4, 0.5) is 11.5 Å². The lowest BCUT2D eigenvalue weighted by molar-refractivity contribution is -0.113. The second kappa shape index (κ2) is 7.60. The number of aromatic nitrogens is 2. The number of nitrogens with zero attached hydrogens (tertiary/aromatic N) is 2. The van der Waals surface area contributed by atoms with Crippen LogP contribution in [-0.2, 0) is 4.79 Å². The molecule has 1 aliphatic rings. The maximum absolute atomic E-state index is 13.0. The number of hydrogen-bond acceptors (Lipinski definition) is 8. The van der Waals surface area contributed by atoms with Crippen molar-refractivity contribution in [3.8, 4) is 0 Å². The second-order valence-electron chi connectivity index (χ2n) is 6.80. The number of anilines is 2. The summed E-state index contributed by atoms with van der Waals surface area (Å²) in [5, 5.41) is 5.82. The van der Waals surface area contributed by atoms with E-state index in [1.165, 1.54) is 11.3 Å². The first-order chi connectivity index (χ1) is 15.0. The van der Waals surface area contributed by atoms with Crippen molar-refractivity contribution in [1.29, 1.82) is 0 Å². The summed E-state index contributed by atoms with van der Waals surface area (Å²) in [6, 6.07) is 13.4. The average Bonchev–Trinajstić information content (AvgIpc) is 3.25. The topological polar surface area (TPSA) is 115 Å². The van der Waals surface area contributed by atoms with Crippen LogP contribution in [0.1, 0.15) is 31.8 Å². The standard InChI is InChI=1S/C22H14N4O3S2/c23-20-14-8-9-30-21(14)26-22(25-20)31-10-16(27)24-15-7-3-6-13-17(15)19(29)12-5-2-1-4-11(12)18(13)28/h1-9H,10H2,(H,24,27)(H2,23,25,26). The van der Waals surface area contributed by atoms with Gasteiger partial charge in [-0.3, -0.25) is 14.4 Å². The summed E-state index contributed by atoms with van der Waals surface area (Å²) in [7, 11) is 0. The van der Waals surface area contributed by atoms with Crippen molar-refractivity contribution in [2.45, 2.75) is 5.16 Å². The highest BCUT2D eigenvalue weighted by Crippen LogP contribution is 2.32. The zero-order valence-corrected chi connectivity index (χ0v) is 17.5. The number of thiophene rings is 1. The van der Waals surface area contributed by atoms with E-state index in [0.29, 0.717) is 27.8 Å². The Hall–Kier alpha value is -3.56. The van der Waals surface area contributed by atoms with E-state index in [1.807, 2.05) is 11.4 Å². The van der Waals surface area contributed by atoms with E-state index in [9.17, 15) is 14.4 Å². The van der Waals surface area contributed by atoms with Crippen LogP contribution in [0.25, 0.3) is 10.2 Å². The molecule has 0 fully saturated rings. The van der Waals surface area contributed by atoms with Gasteiger partial charge < -0.3 is 11.1 Å². The van der Waals surface area contributed by atoms with Crippen molar-refractivity contribution in [2.75, 3.05) is 16.8 Å². The first-order valence-corrected chi connectivity index (χ1v) is 11.1. The Balaban J connectivity index is 1.37. The Morgan fingerprint density at radius 3 is 2.52 bits per heavy atom. The molecule has 0 atom stereocenters. The summed E-state index contributed by atoms with van der Waals surface area (Å²) in [6.45, 7) is 0. The molecule has 1 amide bonds. The van der Waals surface area contributed by atoms with Crippen LogP contribution in [0.2, 0.25) is 0 Å². The lowest BCUT2D eigenvalue weighted by Crippen LogP contribution is -2.24. The highest BCUT2D eigenvalue weighted by atomic mass is 32.2. The van der Waals surface area contributed by atoms with Crippen molar-refractivity contribution < 1.29 is 14.4 Å². The molecule has 31 heavy (non-hydrogen) atoms. The van der Waals surface area contributed by atoms with Crippen molar-refractivity contribution in [1.82, 2.24) is 9.97 Å². The molecule has 0 aliphatic heterocycles. The first kappa shape index (κ1) is 19.4. The van der Waals surface area contributed by atoms with E-state index in [0.717, 1.165) is 22.0 Å². The van der Waals surface area contributed by atoms with Crippen LogP contribution in [0.5, 0.6) is 0 Å². The number of fused-ring (bicyclic) bond motifs is 3. The minimum Gasteiger partial charge on any atom is -0.383 e. The number of nitrogens with two attached hydrogens (primary N) is 1. The number of carbonyl (C=O) groups is 3. The molecule has 0 radical (unpaired) electrons. The summed E-state index contributed by atoms with van der Waals surface area (Å²) in [5.41, 5.74) is 7.47. The molecule has 2 aromatic carbocycles. The molecule has 3 N–H and O–H groups in total. The molecule has 4 aromatic rings. The fourth-order valence-electron chi connectivity index (χ4n) is 3.49. The maximum atomic E-state index is 13.0. The van der Waals surface area contributed by atoms with Crippen LogP contribution in [-0.4, -0.2) is 33.2 Å². The van der Waals surface area contributed by atoms with Crippen LogP contribution in [0.3, 0.4) is 0 Å². The van der Waals surface area contributed by atoms with Crippen molar-refractivity contribution in [2.24, 2.45) is 0 Å². The van der Waals surface area contributed by atoms with Crippen LogP contribution >= 0.6 is 23.1 Å². The lowest BCUT2D eigenvalue weighted by atomic mass is 9.83. The second-order valence-corrected chi connectivity index (χ2v) is 8.64.